The van der Waals surface area contributed by atoms with Crippen LogP contribution in [-0.4, -0.2) is 42.4 Å². The molecule has 2 rings (SSSR count). The zero-order valence-corrected chi connectivity index (χ0v) is 9.09. The highest BCUT2D eigenvalue weighted by Gasteiger charge is 2.27. The Morgan fingerprint density at radius 3 is 2.86 bits per heavy atom. The van der Waals surface area contributed by atoms with Gasteiger partial charge in [0.15, 0.2) is 0 Å². The van der Waals surface area contributed by atoms with Crippen LogP contribution >= 0.6 is 11.6 Å². The van der Waals surface area contributed by atoms with Crippen molar-refractivity contribution in [2.75, 3.05) is 25.5 Å². The molecule has 1 saturated heterocycles. The van der Waals surface area contributed by atoms with Crippen molar-refractivity contribution in [3.8, 4) is 0 Å². The van der Waals surface area contributed by atoms with Crippen LogP contribution in [0.5, 0.6) is 0 Å². The Kier molecular flexibility index (Phi) is 3.29. The SMILES string of the molecule is O=C(CCl)N1CC[C@H](NCC2CC2)C1. The molecule has 0 aromatic heterocycles. The van der Waals surface area contributed by atoms with Crippen molar-refractivity contribution in [2.24, 2.45) is 5.92 Å². The van der Waals surface area contributed by atoms with Gasteiger partial charge in [0.1, 0.15) is 5.88 Å². The zero-order chi connectivity index (χ0) is 9.97. The Morgan fingerprint density at radius 2 is 2.21 bits per heavy atom. The van der Waals surface area contributed by atoms with E-state index in [4.69, 9.17) is 11.6 Å². The fourth-order valence-corrected chi connectivity index (χ4v) is 2.06. The number of rotatable bonds is 4. The normalized spacial score (nSPS) is 26.9. The second-order valence-corrected chi connectivity index (χ2v) is 4.58. The average molecular weight is 217 g/mol. The molecule has 0 radical (unpaired) electrons. The van der Waals surface area contributed by atoms with Gasteiger partial charge in [0.2, 0.25) is 5.91 Å². The Bertz CT molecular complexity index is 218. The quantitative estimate of drug-likeness (QED) is 0.706. The van der Waals surface area contributed by atoms with Gasteiger partial charge in [-0.25, -0.2) is 0 Å². The molecule has 0 spiro atoms. The number of likely N-dealkylation sites (tertiary alicyclic amines) is 1. The predicted octanol–water partition coefficient (Wildman–Crippen LogP) is 0.826. The molecule has 1 aliphatic heterocycles. The van der Waals surface area contributed by atoms with E-state index in [0.29, 0.717) is 6.04 Å². The number of halogens is 1. The number of nitrogens with zero attached hydrogens (tertiary/aromatic N) is 1. The standard InChI is InChI=1S/C10H17ClN2O/c11-5-10(14)13-4-3-9(7-13)12-6-8-1-2-8/h8-9,12H,1-7H2/t9-/m0/s1. The van der Waals surface area contributed by atoms with Crippen molar-refractivity contribution in [1.29, 1.82) is 0 Å². The molecule has 2 aliphatic rings. The van der Waals surface area contributed by atoms with Gasteiger partial charge in [0.25, 0.3) is 0 Å². The van der Waals surface area contributed by atoms with E-state index in [-0.39, 0.29) is 11.8 Å². The molecule has 1 heterocycles. The van der Waals surface area contributed by atoms with Crippen LogP contribution in [-0.2, 0) is 4.79 Å². The summed E-state index contributed by atoms with van der Waals surface area (Å²) in [5.74, 6) is 1.10. The molecule has 0 aromatic rings. The molecule has 4 heteroatoms. The first-order valence-corrected chi connectivity index (χ1v) is 5.90. The van der Waals surface area contributed by atoms with Gasteiger partial charge in [-0.15, -0.1) is 11.6 Å². The van der Waals surface area contributed by atoms with Crippen molar-refractivity contribution in [3.63, 3.8) is 0 Å². The van der Waals surface area contributed by atoms with Crippen LogP contribution in [0, 0.1) is 5.92 Å². The first-order valence-electron chi connectivity index (χ1n) is 5.36. The molecule has 0 aromatic carbocycles. The van der Waals surface area contributed by atoms with Gasteiger partial charge in [-0.2, -0.15) is 0 Å². The highest BCUT2D eigenvalue weighted by atomic mass is 35.5. The second-order valence-electron chi connectivity index (χ2n) is 4.31. The Balaban J connectivity index is 1.67. The molecule has 2 fully saturated rings. The number of carbonyl (C=O) groups excluding carboxylic acids is 1. The third-order valence-corrected chi connectivity index (χ3v) is 3.28. The minimum absolute atomic E-state index is 0.0717. The highest BCUT2D eigenvalue weighted by Crippen LogP contribution is 2.28. The third kappa shape index (κ3) is 2.61. The number of carbonyl (C=O) groups is 1. The van der Waals surface area contributed by atoms with Crippen LogP contribution in [0.2, 0.25) is 0 Å². The maximum Gasteiger partial charge on any atom is 0.237 e. The van der Waals surface area contributed by atoms with Crippen LogP contribution in [0.1, 0.15) is 19.3 Å². The minimum atomic E-state index is 0.0717. The van der Waals surface area contributed by atoms with Gasteiger partial charge < -0.3 is 10.2 Å². The summed E-state index contributed by atoms with van der Waals surface area (Å²) >= 11 is 5.51. The lowest BCUT2D eigenvalue weighted by atomic mass is 10.2. The summed E-state index contributed by atoms with van der Waals surface area (Å²) in [6.45, 7) is 2.85. The highest BCUT2D eigenvalue weighted by molar-refractivity contribution is 6.27. The second kappa shape index (κ2) is 4.49. The summed E-state index contributed by atoms with van der Waals surface area (Å²) in [6.07, 6.45) is 3.84. The van der Waals surface area contributed by atoms with E-state index < -0.39 is 0 Å². The Labute approximate surface area is 89.8 Å². The van der Waals surface area contributed by atoms with Crippen molar-refractivity contribution >= 4 is 17.5 Å². The van der Waals surface area contributed by atoms with Crippen LogP contribution in [0.15, 0.2) is 0 Å². The van der Waals surface area contributed by atoms with E-state index in [0.717, 1.165) is 32.0 Å². The minimum Gasteiger partial charge on any atom is -0.340 e. The maximum absolute atomic E-state index is 11.3. The first-order chi connectivity index (χ1) is 6.79. The Hall–Kier alpha value is -0.280. The van der Waals surface area contributed by atoms with Crippen LogP contribution < -0.4 is 5.32 Å². The van der Waals surface area contributed by atoms with Gasteiger partial charge in [0.05, 0.1) is 0 Å². The fourth-order valence-electron chi connectivity index (χ4n) is 1.89. The maximum atomic E-state index is 11.3. The van der Waals surface area contributed by atoms with E-state index in [2.05, 4.69) is 5.32 Å². The molecule has 0 bridgehead atoms. The van der Waals surface area contributed by atoms with Gasteiger partial charge in [-0.05, 0) is 31.7 Å². The summed E-state index contributed by atoms with van der Waals surface area (Å²) in [5.41, 5.74) is 0. The number of nitrogens with one attached hydrogen (secondary N) is 1. The largest absolute Gasteiger partial charge is 0.340 e. The molecule has 14 heavy (non-hydrogen) atoms. The molecule has 80 valence electrons. The molecule has 3 nitrogen and oxygen atoms in total. The van der Waals surface area contributed by atoms with Gasteiger partial charge >= 0.3 is 0 Å². The van der Waals surface area contributed by atoms with E-state index in [1.165, 1.54) is 12.8 Å². The van der Waals surface area contributed by atoms with E-state index in [9.17, 15) is 4.79 Å². The Morgan fingerprint density at radius 1 is 1.43 bits per heavy atom. The van der Waals surface area contributed by atoms with E-state index in [1.54, 1.807) is 0 Å². The summed E-state index contributed by atoms with van der Waals surface area (Å²) in [5, 5.41) is 3.52. The zero-order valence-electron chi connectivity index (χ0n) is 8.34. The van der Waals surface area contributed by atoms with Gasteiger partial charge in [0, 0.05) is 19.1 Å². The lowest BCUT2D eigenvalue weighted by molar-refractivity contribution is -0.127. The van der Waals surface area contributed by atoms with Crippen molar-refractivity contribution in [2.45, 2.75) is 25.3 Å². The molecule has 1 atom stereocenters. The molecular formula is C10H17ClN2O. The summed E-state index contributed by atoms with van der Waals surface area (Å²) < 4.78 is 0. The van der Waals surface area contributed by atoms with Crippen LogP contribution in [0.3, 0.4) is 0 Å². The molecular weight excluding hydrogens is 200 g/mol. The van der Waals surface area contributed by atoms with Gasteiger partial charge in [-0.1, -0.05) is 0 Å². The first kappa shape index (κ1) is 10.2. The molecule has 1 aliphatic carbocycles. The predicted molar refractivity (Wildman–Crippen MR) is 56.4 cm³/mol. The molecule has 1 saturated carbocycles. The number of hydrogen-bond donors (Lipinski definition) is 1. The fraction of sp³-hybridized carbons (Fsp3) is 0.900. The third-order valence-electron chi connectivity index (χ3n) is 3.05. The lowest BCUT2D eigenvalue weighted by Gasteiger charge is -2.15. The van der Waals surface area contributed by atoms with Crippen molar-refractivity contribution in [3.05, 3.63) is 0 Å². The average Bonchev–Trinajstić information content (AvgIpc) is 2.92. The monoisotopic (exact) mass is 216 g/mol. The molecule has 1 amide bonds. The smallest absolute Gasteiger partial charge is 0.237 e. The summed E-state index contributed by atoms with van der Waals surface area (Å²) in [6, 6.07) is 0.503. The topological polar surface area (TPSA) is 32.3 Å². The summed E-state index contributed by atoms with van der Waals surface area (Å²) in [4.78, 5) is 13.1. The number of amides is 1. The van der Waals surface area contributed by atoms with E-state index in [1.807, 2.05) is 4.90 Å². The van der Waals surface area contributed by atoms with Crippen LogP contribution in [0.25, 0.3) is 0 Å². The summed E-state index contributed by atoms with van der Waals surface area (Å²) in [7, 11) is 0. The number of alkyl halides is 1. The van der Waals surface area contributed by atoms with Crippen LogP contribution in [0.4, 0.5) is 0 Å². The molecule has 0 unspecified atom stereocenters. The number of hydrogen-bond acceptors (Lipinski definition) is 2. The molecule has 1 N–H and O–H groups in total. The van der Waals surface area contributed by atoms with Gasteiger partial charge in [-0.3, -0.25) is 4.79 Å². The lowest BCUT2D eigenvalue weighted by Crippen LogP contribution is -2.36. The van der Waals surface area contributed by atoms with Crippen molar-refractivity contribution in [1.82, 2.24) is 10.2 Å². The van der Waals surface area contributed by atoms with E-state index >= 15 is 0 Å². The van der Waals surface area contributed by atoms with Crippen molar-refractivity contribution < 1.29 is 4.79 Å².